The van der Waals surface area contributed by atoms with Gasteiger partial charge in [-0.1, -0.05) is 6.92 Å². The van der Waals surface area contributed by atoms with E-state index in [2.05, 4.69) is 6.92 Å². The van der Waals surface area contributed by atoms with E-state index >= 15 is 0 Å². The molecule has 4 heterocycles. The Hall–Kier alpha value is -0.790. The second kappa shape index (κ2) is 4.92. The third-order valence-electron chi connectivity index (χ3n) is 9.20. The Morgan fingerprint density at radius 1 is 0.929 bits per heavy atom. The lowest BCUT2D eigenvalue weighted by molar-refractivity contribution is -0.248. The van der Waals surface area contributed by atoms with Gasteiger partial charge in [0.2, 0.25) is 0 Å². The summed E-state index contributed by atoms with van der Waals surface area (Å²) < 4.78 is 31.5. The van der Waals surface area contributed by atoms with Crippen LogP contribution in [0.1, 0.15) is 58.3 Å². The van der Waals surface area contributed by atoms with Crippen molar-refractivity contribution in [2.24, 2.45) is 11.3 Å². The van der Waals surface area contributed by atoms with Crippen LogP contribution >= 0.6 is 0 Å². The first kappa shape index (κ1) is 16.9. The highest BCUT2D eigenvalue weighted by Crippen LogP contribution is 2.73. The van der Waals surface area contributed by atoms with E-state index in [9.17, 15) is 4.79 Å². The molecule has 0 aromatic heterocycles. The summed E-state index contributed by atoms with van der Waals surface area (Å²) in [6, 6.07) is 0. The fraction of sp³-hybridized carbons (Fsp3) is 0.864. The second-order valence-corrected chi connectivity index (χ2v) is 10.2. The van der Waals surface area contributed by atoms with Crippen LogP contribution < -0.4 is 0 Å². The van der Waals surface area contributed by atoms with Crippen molar-refractivity contribution in [3.05, 3.63) is 11.1 Å². The summed E-state index contributed by atoms with van der Waals surface area (Å²) in [6.07, 6.45) is 6.67. The highest BCUT2D eigenvalue weighted by atomic mass is 16.7. The number of Topliss-reactive ketones (excluding diaryl/α,β-unsaturated/α-hetero) is 1. The van der Waals surface area contributed by atoms with Gasteiger partial charge in [-0.15, -0.1) is 0 Å². The van der Waals surface area contributed by atoms with Crippen molar-refractivity contribution in [1.82, 2.24) is 0 Å². The maximum Gasteiger partial charge on any atom is 0.174 e. The molecule has 0 amide bonds. The Balaban J connectivity index is 1.35. The molecule has 6 nitrogen and oxygen atoms in total. The Morgan fingerprint density at radius 3 is 2.46 bits per heavy atom. The Bertz CT molecular complexity index is 806. The van der Waals surface area contributed by atoms with Gasteiger partial charge in [0.25, 0.3) is 0 Å². The molecule has 3 aliphatic carbocycles. The lowest BCUT2D eigenvalue weighted by atomic mass is 9.54. The highest BCUT2D eigenvalue weighted by molar-refractivity contribution is 6.01. The largest absolute Gasteiger partial charge is 0.359 e. The van der Waals surface area contributed by atoms with Crippen LogP contribution in [0.4, 0.5) is 0 Å². The maximum atomic E-state index is 13.6. The molecule has 152 valence electrons. The van der Waals surface area contributed by atoms with Crippen molar-refractivity contribution in [3.8, 4) is 0 Å². The van der Waals surface area contributed by atoms with E-state index in [1.54, 1.807) is 0 Å². The predicted molar refractivity (Wildman–Crippen MR) is 96.4 cm³/mol. The van der Waals surface area contributed by atoms with Crippen LogP contribution in [-0.2, 0) is 28.5 Å². The second-order valence-electron chi connectivity index (χ2n) is 10.2. The third kappa shape index (κ3) is 1.66. The van der Waals surface area contributed by atoms with Crippen LogP contribution in [0.2, 0.25) is 0 Å². The zero-order valence-corrected chi connectivity index (χ0v) is 16.5. The molecule has 7 aliphatic rings. The SMILES string of the molecule is C[C@]12CC(=O)C3=C4CCC5(C[C@]46CC[C@]3(O6)[C@@H]1CCC21OCCO1)OCCO5. The van der Waals surface area contributed by atoms with Gasteiger partial charge in [0, 0.05) is 42.6 Å². The molecule has 3 saturated heterocycles. The van der Waals surface area contributed by atoms with Gasteiger partial charge in [-0.05, 0) is 31.3 Å². The molecule has 28 heavy (non-hydrogen) atoms. The Labute approximate surface area is 164 Å². The van der Waals surface area contributed by atoms with E-state index < -0.39 is 17.2 Å². The minimum absolute atomic E-state index is 0.264. The lowest BCUT2D eigenvalue weighted by Gasteiger charge is -2.51. The standard InChI is InChI=1S/C22H28O6/c1-18-12-15(23)17-14-2-4-20(24-8-9-25-20)13-19(14)6-7-21(17,28-19)16(18)3-5-22(18)26-10-11-27-22/h16H,2-13H2,1H3/t16-,18+,19-,21+/m1/s1. The van der Waals surface area contributed by atoms with Gasteiger partial charge in [-0.3, -0.25) is 4.79 Å². The zero-order chi connectivity index (χ0) is 18.8. The summed E-state index contributed by atoms with van der Waals surface area (Å²) in [7, 11) is 0. The number of hydrogen-bond acceptors (Lipinski definition) is 6. The van der Waals surface area contributed by atoms with E-state index in [1.165, 1.54) is 5.57 Å². The first-order chi connectivity index (χ1) is 13.5. The number of hydrogen-bond donors (Lipinski definition) is 0. The maximum absolute atomic E-state index is 13.6. The first-order valence-corrected chi connectivity index (χ1v) is 11.0. The number of ether oxygens (including phenoxy) is 5. The summed E-state index contributed by atoms with van der Waals surface area (Å²) in [5.41, 5.74) is 1.14. The van der Waals surface area contributed by atoms with Crippen molar-refractivity contribution >= 4 is 5.78 Å². The van der Waals surface area contributed by atoms with Gasteiger partial charge in [0.05, 0.1) is 32.0 Å². The van der Waals surface area contributed by atoms with Gasteiger partial charge in [0.1, 0.15) is 5.60 Å². The van der Waals surface area contributed by atoms with Crippen LogP contribution in [0.15, 0.2) is 11.1 Å². The van der Waals surface area contributed by atoms with Gasteiger partial charge < -0.3 is 23.7 Å². The molecular formula is C22H28O6. The Morgan fingerprint density at radius 2 is 1.68 bits per heavy atom. The fourth-order valence-electron chi connectivity index (χ4n) is 8.26. The summed E-state index contributed by atoms with van der Waals surface area (Å²) >= 11 is 0. The number of ketones is 1. The highest BCUT2D eigenvalue weighted by Gasteiger charge is 2.77. The summed E-state index contributed by atoms with van der Waals surface area (Å²) in [5.74, 6) is -0.585. The molecule has 6 heteroatoms. The molecule has 3 saturated carbocycles. The quantitative estimate of drug-likeness (QED) is 0.636. The fourth-order valence-corrected chi connectivity index (χ4v) is 8.26. The van der Waals surface area contributed by atoms with E-state index in [-0.39, 0.29) is 22.7 Å². The molecule has 6 fully saturated rings. The minimum Gasteiger partial charge on any atom is -0.359 e. The molecule has 2 bridgehead atoms. The average molecular weight is 388 g/mol. The van der Waals surface area contributed by atoms with Crippen LogP contribution in [-0.4, -0.2) is 55.0 Å². The van der Waals surface area contributed by atoms with Crippen LogP contribution in [0.5, 0.6) is 0 Å². The monoisotopic (exact) mass is 388 g/mol. The molecule has 0 aromatic rings. The van der Waals surface area contributed by atoms with Crippen molar-refractivity contribution < 1.29 is 28.5 Å². The average Bonchev–Trinajstić information content (AvgIpc) is 3.44. The van der Waals surface area contributed by atoms with Crippen molar-refractivity contribution in [3.63, 3.8) is 0 Å². The number of rotatable bonds is 0. The molecule has 0 radical (unpaired) electrons. The minimum atomic E-state index is -0.607. The third-order valence-corrected chi connectivity index (χ3v) is 9.20. The van der Waals surface area contributed by atoms with E-state index in [0.717, 1.165) is 50.5 Å². The summed E-state index contributed by atoms with van der Waals surface area (Å²) in [6.45, 7) is 4.78. The first-order valence-electron chi connectivity index (χ1n) is 11.0. The Kier molecular flexibility index (Phi) is 2.98. The molecule has 0 aromatic carbocycles. The van der Waals surface area contributed by atoms with Crippen molar-refractivity contribution in [2.75, 3.05) is 26.4 Å². The molecular weight excluding hydrogens is 360 g/mol. The topological polar surface area (TPSA) is 63.2 Å². The van der Waals surface area contributed by atoms with Gasteiger partial charge >= 0.3 is 0 Å². The van der Waals surface area contributed by atoms with E-state index in [4.69, 9.17) is 23.7 Å². The molecule has 0 N–H and O–H groups in total. The molecule has 4 spiro atoms. The smallest absolute Gasteiger partial charge is 0.174 e. The molecule has 7 rings (SSSR count). The summed E-state index contributed by atoms with van der Waals surface area (Å²) in [4.78, 5) is 13.6. The normalized spacial score (nSPS) is 49.9. The van der Waals surface area contributed by atoms with Crippen molar-refractivity contribution in [2.45, 2.75) is 81.1 Å². The predicted octanol–water partition coefficient (Wildman–Crippen LogP) is 2.64. The molecule has 0 unspecified atom stereocenters. The molecule has 4 atom stereocenters. The van der Waals surface area contributed by atoms with E-state index in [1.807, 2.05) is 0 Å². The van der Waals surface area contributed by atoms with Gasteiger partial charge in [-0.25, -0.2) is 0 Å². The van der Waals surface area contributed by atoms with Crippen molar-refractivity contribution in [1.29, 1.82) is 0 Å². The number of carbonyl (C=O) groups is 1. The van der Waals surface area contributed by atoms with Gasteiger partial charge in [-0.2, -0.15) is 0 Å². The van der Waals surface area contributed by atoms with E-state index in [0.29, 0.717) is 32.8 Å². The van der Waals surface area contributed by atoms with Crippen LogP contribution in [0, 0.1) is 11.3 Å². The summed E-state index contributed by atoms with van der Waals surface area (Å²) in [5, 5.41) is 0. The molecule has 4 aliphatic heterocycles. The zero-order valence-electron chi connectivity index (χ0n) is 16.5. The lowest BCUT2D eigenvalue weighted by Crippen LogP contribution is -2.58. The van der Waals surface area contributed by atoms with Crippen LogP contribution in [0.3, 0.4) is 0 Å². The van der Waals surface area contributed by atoms with Crippen LogP contribution in [0.25, 0.3) is 0 Å². The number of carbonyl (C=O) groups excluding carboxylic acids is 1. The number of fused-ring (bicyclic) bond motifs is 2. The van der Waals surface area contributed by atoms with Gasteiger partial charge in [0.15, 0.2) is 17.4 Å².